The average Bonchev–Trinajstić information content (AvgIpc) is 2.65. The van der Waals surface area contributed by atoms with E-state index >= 15 is 0 Å². The maximum absolute atomic E-state index is 8.75. The highest BCUT2D eigenvalue weighted by atomic mass is 32.2. The SMILES string of the molecule is Cc1c(N)ccc(NC2CCCCO2)c1C(=N)c1cccc(SN)c1. The molecule has 0 radical (unpaired) electrons. The first kappa shape index (κ1) is 17.8. The van der Waals surface area contributed by atoms with Crippen LogP contribution in [0.25, 0.3) is 0 Å². The molecule has 0 amide bonds. The Morgan fingerprint density at radius 1 is 1.28 bits per heavy atom. The first-order chi connectivity index (χ1) is 12.1. The van der Waals surface area contributed by atoms with Crippen molar-refractivity contribution in [1.29, 1.82) is 5.41 Å². The summed E-state index contributed by atoms with van der Waals surface area (Å²) in [7, 11) is 0. The van der Waals surface area contributed by atoms with E-state index in [4.69, 9.17) is 21.0 Å². The Labute approximate surface area is 152 Å². The van der Waals surface area contributed by atoms with Crippen molar-refractivity contribution < 1.29 is 4.74 Å². The normalized spacial score (nSPS) is 17.3. The molecule has 6 heteroatoms. The van der Waals surface area contributed by atoms with Crippen molar-refractivity contribution in [2.24, 2.45) is 5.14 Å². The minimum absolute atomic E-state index is 0.0192. The fraction of sp³-hybridized carbons (Fsp3) is 0.316. The molecule has 5 nitrogen and oxygen atoms in total. The van der Waals surface area contributed by atoms with Gasteiger partial charge < -0.3 is 15.8 Å². The van der Waals surface area contributed by atoms with Crippen LogP contribution in [-0.4, -0.2) is 18.5 Å². The van der Waals surface area contributed by atoms with E-state index in [2.05, 4.69) is 5.32 Å². The van der Waals surface area contributed by atoms with Crippen LogP contribution in [0.15, 0.2) is 41.3 Å². The van der Waals surface area contributed by atoms with Gasteiger partial charge in [-0.05, 0) is 68.0 Å². The highest BCUT2D eigenvalue weighted by Crippen LogP contribution is 2.29. The van der Waals surface area contributed by atoms with Crippen LogP contribution >= 0.6 is 11.9 Å². The van der Waals surface area contributed by atoms with Crippen LogP contribution in [-0.2, 0) is 4.74 Å². The van der Waals surface area contributed by atoms with Crippen LogP contribution in [0.3, 0.4) is 0 Å². The lowest BCUT2D eigenvalue weighted by Crippen LogP contribution is -2.28. The number of nitrogens with two attached hydrogens (primary N) is 2. The predicted octanol–water partition coefficient (Wildman–Crippen LogP) is 3.90. The zero-order valence-electron chi connectivity index (χ0n) is 14.3. The maximum atomic E-state index is 8.75. The second-order valence-corrected chi connectivity index (χ2v) is 6.93. The standard InChI is InChI=1S/C19H24N4OS/c1-12-15(20)8-9-16(23-17-7-2-3-10-24-17)18(12)19(21)13-5-4-6-14(11-13)25-22/h4-6,8-9,11,17,21,23H,2-3,7,10,20,22H2,1H3. The summed E-state index contributed by atoms with van der Waals surface area (Å²) in [6.07, 6.45) is 3.20. The van der Waals surface area contributed by atoms with Gasteiger partial charge in [0.1, 0.15) is 6.23 Å². The predicted molar refractivity (Wildman–Crippen MR) is 105 cm³/mol. The number of nitrogen functional groups attached to an aromatic ring is 1. The molecule has 0 saturated carbocycles. The third-order valence-electron chi connectivity index (χ3n) is 4.51. The summed E-state index contributed by atoms with van der Waals surface area (Å²) in [5.41, 5.74) is 10.6. The molecule has 6 N–H and O–H groups in total. The van der Waals surface area contributed by atoms with Crippen molar-refractivity contribution in [2.45, 2.75) is 37.3 Å². The molecule has 2 aromatic carbocycles. The van der Waals surface area contributed by atoms with Gasteiger partial charge in [-0.15, -0.1) is 0 Å². The number of benzene rings is 2. The Hall–Kier alpha value is -2.02. The Morgan fingerprint density at radius 2 is 2.12 bits per heavy atom. The summed E-state index contributed by atoms with van der Waals surface area (Å²) in [5, 5.41) is 17.9. The quantitative estimate of drug-likeness (QED) is 0.370. The molecular formula is C19H24N4OS. The third kappa shape index (κ3) is 3.98. The van der Waals surface area contributed by atoms with Gasteiger partial charge in [-0.25, -0.2) is 0 Å². The number of rotatable bonds is 5. The van der Waals surface area contributed by atoms with Gasteiger partial charge in [0.15, 0.2) is 0 Å². The number of ether oxygens (including phenoxy) is 1. The summed E-state index contributed by atoms with van der Waals surface area (Å²) < 4.78 is 5.80. The molecule has 1 aliphatic rings. The first-order valence-corrected chi connectivity index (χ1v) is 9.31. The first-order valence-electron chi connectivity index (χ1n) is 8.43. The topological polar surface area (TPSA) is 97.1 Å². The zero-order valence-corrected chi connectivity index (χ0v) is 15.2. The Kier molecular flexibility index (Phi) is 5.63. The largest absolute Gasteiger partial charge is 0.398 e. The van der Waals surface area contributed by atoms with Gasteiger partial charge in [-0.3, -0.25) is 10.5 Å². The number of hydrogen-bond donors (Lipinski definition) is 4. The van der Waals surface area contributed by atoms with Crippen molar-refractivity contribution in [2.75, 3.05) is 17.7 Å². The molecule has 1 heterocycles. The van der Waals surface area contributed by atoms with Gasteiger partial charge in [0.05, 0.1) is 5.71 Å². The van der Waals surface area contributed by atoms with Crippen LogP contribution in [0, 0.1) is 12.3 Å². The summed E-state index contributed by atoms with van der Waals surface area (Å²) in [6.45, 7) is 2.72. The molecule has 1 saturated heterocycles. The third-order valence-corrected chi connectivity index (χ3v) is 5.04. The molecule has 0 aromatic heterocycles. The molecule has 0 bridgehead atoms. The molecule has 0 aliphatic carbocycles. The van der Waals surface area contributed by atoms with E-state index in [1.807, 2.05) is 43.3 Å². The van der Waals surface area contributed by atoms with Crippen LogP contribution < -0.4 is 16.2 Å². The fourth-order valence-electron chi connectivity index (χ4n) is 3.07. The summed E-state index contributed by atoms with van der Waals surface area (Å²) >= 11 is 1.18. The molecule has 0 spiro atoms. The number of nitrogens with one attached hydrogen (secondary N) is 2. The highest BCUT2D eigenvalue weighted by Gasteiger charge is 2.19. The van der Waals surface area contributed by atoms with Gasteiger partial charge in [-0.2, -0.15) is 0 Å². The lowest BCUT2D eigenvalue weighted by molar-refractivity contribution is 0.0343. The van der Waals surface area contributed by atoms with Gasteiger partial charge >= 0.3 is 0 Å². The molecule has 25 heavy (non-hydrogen) atoms. The Balaban J connectivity index is 1.97. The maximum Gasteiger partial charge on any atom is 0.127 e. The number of hydrogen-bond acceptors (Lipinski definition) is 6. The van der Waals surface area contributed by atoms with E-state index in [9.17, 15) is 0 Å². The average molecular weight is 356 g/mol. The molecule has 1 aliphatic heterocycles. The van der Waals surface area contributed by atoms with Gasteiger partial charge in [-0.1, -0.05) is 12.1 Å². The summed E-state index contributed by atoms with van der Waals surface area (Å²) in [4.78, 5) is 0.925. The second-order valence-electron chi connectivity index (χ2n) is 6.22. The lowest BCUT2D eigenvalue weighted by Gasteiger charge is -2.26. The van der Waals surface area contributed by atoms with Crippen molar-refractivity contribution in [3.05, 3.63) is 53.1 Å². The molecule has 1 unspecified atom stereocenters. The number of anilines is 2. The minimum atomic E-state index is -0.0192. The van der Waals surface area contributed by atoms with E-state index in [1.54, 1.807) is 0 Å². The van der Waals surface area contributed by atoms with Crippen LogP contribution in [0.5, 0.6) is 0 Å². The van der Waals surface area contributed by atoms with E-state index in [-0.39, 0.29) is 6.23 Å². The molecular weight excluding hydrogens is 332 g/mol. The van der Waals surface area contributed by atoms with Crippen molar-refractivity contribution >= 4 is 29.0 Å². The highest BCUT2D eigenvalue weighted by molar-refractivity contribution is 7.97. The van der Waals surface area contributed by atoms with Gasteiger partial charge in [0.2, 0.25) is 0 Å². The van der Waals surface area contributed by atoms with E-state index < -0.39 is 0 Å². The second kappa shape index (κ2) is 7.91. The molecule has 3 rings (SSSR count). The van der Waals surface area contributed by atoms with E-state index in [0.29, 0.717) is 11.4 Å². The van der Waals surface area contributed by atoms with Crippen molar-refractivity contribution in [3.63, 3.8) is 0 Å². The molecule has 1 atom stereocenters. The molecule has 2 aromatic rings. The van der Waals surface area contributed by atoms with Crippen LogP contribution in [0.4, 0.5) is 11.4 Å². The van der Waals surface area contributed by atoms with Crippen molar-refractivity contribution in [1.82, 2.24) is 0 Å². The Bertz CT molecular complexity index is 772. The van der Waals surface area contributed by atoms with Gasteiger partial charge in [0, 0.05) is 34.0 Å². The van der Waals surface area contributed by atoms with E-state index in [0.717, 1.165) is 53.1 Å². The molecule has 132 valence electrons. The zero-order chi connectivity index (χ0) is 17.8. The van der Waals surface area contributed by atoms with Crippen LogP contribution in [0.2, 0.25) is 0 Å². The van der Waals surface area contributed by atoms with Gasteiger partial charge in [0.25, 0.3) is 0 Å². The minimum Gasteiger partial charge on any atom is -0.398 e. The monoisotopic (exact) mass is 356 g/mol. The lowest BCUT2D eigenvalue weighted by atomic mass is 9.95. The molecule has 1 fully saturated rings. The fourth-order valence-corrected chi connectivity index (χ4v) is 3.42. The summed E-state index contributed by atoms with van der Waals surface area (Å²) in [5.74, 6) is 0. The van der Waals surface area contributed by atoms with E-state index in [1.165, 1.54) is 11.9 Å². The summed E-state index contributed by atoms with van der Waals surface area (Å²) in [6, 6.07) is 11.5. The Morgan fingerprint density at radius 3 is 2.84 bits per heavy atom. The smallest absolute Gasteiger partial charge is 0.127 e. The van der Waals surface area contributed by atoms with Crippen molar-refractivity contribution in [3.8, 4) is 0 Å². The van der Waals surface area contributed by atoms with Crippen LogP contribution in [0.1, 0.15) is 36.0 Å².